The minimum Gasteiger partial charge on any atom is -0.395 e. The lowest BCUT2D eigenvalue weighted by Crippen LogP contribution is -2.47. The molecular weight excluding hydrogens is 484 g/mol. The van der Waals surface area contributed by atoms with Crippen molar-refractivity contribution < 1.29 is 13.9 Å². The summed E-state index contributed by atoms with van der Waals surface area (Å²) >= 11 is 0. The lowest BCUT2D eigenvalue weighted by atomic mass is 10.0. The highest BCUT2D eigenvalue weighted by Crippen LogP contribution is 2.38. The molecule has 3 aromatic carbocycles. The van der Waals surface area contributed by atoms with Gasteiger partial charge in [-0.25, -0.2) is 13.8 Å². The van der Waals surface area contributed by atoms with Gasteiger partial charge in [0.25, 0.3) is 0 Å². The monoisotopic (exact) mass is 511 g/mol. The van der Waals surface area contributed by atoms with Crippen LogP contribution in [0, 0.1) is 11.6 Å². The molecule has 192 valence electrons. The van der Waals surface area contributed by atoms with Crippen molar-refractivity contribution in [1.82, 2.24) is 19.5 Å². The van der Waals surface area contributed by atoms with Crippen LogP contribution in [-0.2, 0) is 0 Å². The number of hydrogen-bond acceptors (Lipinski definition) is 5. The number of β-amino-alcohol motifs (C(OH)–C–C–N with tert-alkyl or cyclic N) is 1. The zero-order valence-corrected chi connectivity index (χ0v) is 20.8. The fourth-order valence-corrected chi connectivity index (χ4v) is 5.04. The van der Waals surface area contributed by atoms with E-state index in [1.807, 2.05) is 71.2 Å². The number of hydrogen-bond donors (Lipinski definition) is 1. The molecule has 0 amide bonds. The van der Waals surface area contributed by atoms with E-state index in [0.717, 1.165) is 54.9 Å². The Labute approximate surface area is 219 Å². The SMILES string of the molecule is OCCN1CCN(c2cc(-c3ccccc3)nc3c(-c4ccc(F)c(F)c4)c(-c4ccccc4)nn23)CC1. The van der Waals surface area contributed by atoms with Gasteiger partial charge < -0.3 is 10.0 Å². The summed E-state index contributed by atoms with van der Waals surface area (Å²) in [6.07, 6.45) is 0. The Morgan fingerprint density at radius 1 is 0.737 bits per heavy atom. The first-order chi connectivity index (χ1) is 18.6. The number of fused-ring (bicyclic) bond motifs is 1. The topological polar surface area (TPSA) is 56.9 Å². The fraction of sp³-hybridized carbons (Fsp3) is 0.200. The lowest BCUT2D eigenvalue weighted by molar-refractivity contribution is 0.188. The fourth-order valence-electron chi connectivity index (χ4n) is 5.04. The molecule has 1 aliphatic rings. The molecule has 0 atom stereocenters. The number of benzene rings is 3. The molecule has 2 aromatic heterocycles. The molecule has 6 nitrogen and oxygen atoms in total. The largest absolute Gasteiger partial charge is 0.395 e. The number of aliphatic hydroxyl groups excluding tert-OH is 1. The van der Waals surface area contributed by atoms with Crippen LogP contribution in [0.5, 0.6) is 0 Å². The lowest BCUT2D eigenvalue weighted by Gasteiger charge is -2.35. The summed E-state index contributed by atoms with van der Waals surface area (Å²) in [5.74, 6) is -0.935. The van der Waals surface area contributed by atoms with Gasteiger partial charge in [0.2, 0.25) is 0 Å². The van der Waals surface area contributed by atoms with E-state index in [0.29, 0.717) is 29.0 Å². The highest BCUT2D eigenvalue weighted by molar-refractivity contribution is 5.92. The molecule has 1 aliphatic heterocycles. The quantitative estimate of drug-likeness (QED) is 0.343. The third-order valence-electron chi connectivity index (χ3n) is 7.01. The van der Waals surface area contributed by atoms with E-state index >= 15 is 0 Å². The smallest absolute Gasteiger partial charge is 0.166 e. The number of rotatable bonds is 6. The summed E-state index contributed by atoms with van der Waals surface area (Å²) in [4.78, 5) is 9.54. The van der Waals surface area contributed by atoms with Crippen LogP contribution in [0.25, 0.3) is 39.3 Å². The molecule has 3 heterocycles. The van der Waals surface area contributed by atoms with E-state index in [4.69, 9.17) is 10.1 Å². The van der Waals surface area contributed by atoms with Gasteiger partial charge in [0.1, 0.15) is 11.5 Å². The highest BCUT2D eigenvalue weighted by atomic mass is 19.2. The predicted octanol–water partition coefficient (Wildman–Crippen LogP) is 5.12. The molecule has 1 saturated heterocycles. The maximum Gasteiger partial charge on any atom is 0.166 e. The highest BCUT2D eigenvalue weighted by Gasteiger charge is 2.25. The Hall–Kier alpha value is -4.14. The Bertz CT molecular complexity index is 1560. The maximum absolute atomic E-state index is 14.5. The number of anilines is 1. The van der Waals surface area contributed by atoms with E-state index in [1.54, 1.807) is 6.07 Å². The van der Waals surface area contributed by atoms with Crippen LogP contribution in [-0.4, -0.2) is 63.9 Å². The molecule has 38 heavy (non-hydrogen) atoms. The van der Waals surface area contributed by atoms with Crippen molar-refractivity contribution in [2.24, 2.45) is 0 Å². The van der Waals surface area contributed by atoms with Crippen LogP contribution in [0.15, 0.2) is 84.9 Å². The predicted molar refractivity (Wildman–Crippen MR) is 145 cm³/mol. The molecule has 1 fully saturated rings. The number of halogens is 2. The summed E-state index contributed by atoms with van der Waals surface area (Å²) in [7, 11) is 0. The summed E-state index contributed by atoms with van der Waals surface area (Å²) in [6.45, 7) is 3.93. The van der Waals surface area contributed by atoms with Gasteiger partial charge in [-0.3, -0.25) is 4.90 Å². The van der Waals surface area contributed by atoms with Crippen molar-refractivity contribution in [1.29, 1.82) is 0 Å². The second-order valence-corrected chi connectivity index (χ2v) is 9.37. The molecule has 0 radical (unpaired) electrons. The Balaban J connectivity index is 1.60. The molecule has 0 aliphatic carbocycles. The van der Waals surface area contributed by atoms with Gasteiger partial charge in [0.15, 0.2) is 17.3 Å². The summed E-state index contributed by atoms with van der Waals surface area (Å²) in [5, 5.41) is 14.4. The average Bonchev–Trinajstić information content (AvgIpc) is 3.35. The number of nitrogens with zero attached hydrogens (tertiary/aromatic N) is 5. The Kier molecular flexibility index (Phi) is 6.57. The van der Waals surface area contributed by atoms with Crippen LogP contribution >= 0.6 is 0 Å². The van der Waals surface area contributed by atoms with Crippen molar-refractivity contribution in [3.8, 4) is 33.6 Å². The Morgan fingerprint density at radius 3 is 2.08 bits per heavy atom. The van der Waals surface area contributed by atoms with Crippen molar-refractivity contribution in [3.63, 3.8) is 0 Å². The molecular formula is C30H27F2N5O. The molecule has 6 rings (SSSR count). The molecule has 8 heteroatoms. The van der Waals surface area contributed by atoms with Crippen LogP contribution in [0.3, 0.4) is 0 Å². The minimum absolute atomic E-state index is 0.134. The number of aromatic nitrogens is 3. The molecule has 5 aromatic rings. The van der Waals surface area contributed by atoms with Crippen molar-refractivity contribution in [3.05, 3.63) is 96.6 Å². The molecule has 0 spiro atoms. The third-order valence-corrected chi connectivity index (χ3v) is 7.01. The van der Waals surface area contributed by atoms with Gasteiger partial charge in [0, 0.05) is 49.9 Å². The van der Waals surface area contributed by atoms with Crippen LogP contribution < -0.4 is 4.90 Å². The van der Waals surface area contributed by atoms with Crippen LogP contribution in [0.2, 0.25) is 0 Å². The molecule has 0 saturated carbocycles. The van der Waals surface area contributed by atoms with Crippen molar-refractivity contribution in [2.75, 3.05) is 44.2 Å². The molecule has 0 bridgehead atoms. The summed E-state index contributed by atoms with van der Waals surface area (Å²) in [5.41, 5.74) is 4.96. The molecule has 0 unspecified atom stereocenters. The first-order valence-electron chi connectivity index (χ1n) is 12.7. The van der Waals surface area contributed by atoms with Crippen LogP contribution in [0.1, 0.15) is 0 Å². The standard InChI is InChI=1S/C30H27F2N5O/c31-24-12-11-23(19-25(24)32)28-29(22-9-5-2-6-10-22)34-37-27(36-15-13-35(14-16-36)17-18-38)20-26(33-30(28)37)21-7-3-1-4-8-21/h1-12,19-20,38H,13-18H2. The average molecular weight is 512 g/mol. The van der Waals surface area contributed by atoms with E-state index < -0.39 is 11.6 Å². The minimum atomic E-state index is -0.916. The van der Waals surface area contributed by atoms with Gasteiger partial charge in [-0.2, -0.15) is 9.61 Å². The normalized spacial score (nSPS) is 14.3. The van der Waals surface area contributed by atoms with Gasteiger partial charge in [-0.1, -0.05) is 66.7 Å². The van der Waals surface area contributed by atoms with Gasteiger partial charge in [-0.05, 0) is 17.7 Å². The van der Waals surface area contributed by atoms with Crippen molar-refractivity contribution in [2.45, 2.75) is 0 Å². The first kappa shape index (κ1) is 24.2. The van der Waals surface area contributed by atoms with Gasteiger partial charge in [-0.15, -0.1) is 0 Å². The van der Waals surface area contributed by atoms with Gasteiger partial charge >= 0.3 is 0 Å². The van der Waals surface area contributed by atoms with Crippen molar-refractivity contribution >= 4 is 11.5 Å². The molecule has 1 N–H and O–H groups in total. The third kappa shape index (κ3) is 4.53. The Morgan fingerprint density at radius 2 is 1.42 bits per heavy atom. The second kappa shape index (κ2) is 10.3. The summed E-state index contributed by atoms with van der Waals surface area (Å²) < 4.78 is 30.2. The van der Waals surface area contributed by atoms with Crippen LogP contribution in [0.4, 0.5) is 14.6 Å². The first-order valence-corrected chi connectivity index (χ1v) is 12.7. The second-order valence-electron chi connectivity index (χ2n) is 9.37. The number of piperazine rings is 1. The maximum atomic E-state index is 14.5. The van der Waals surface area contributed by atoms with Gasteiger partial charge in [0.05, 0.1) is 17.9 Å². The van der Waals surface area contributed by atoms with E-state index in [2.05, 4.69) is 9.80 Å². The van der Waals surface area contributed by atoms with E-state index in [-0.39, 0.29) is 6.61 Å². The zero-order chi connectivity index (χ0) is 26.1. The summed E-state index contributed by atoms with van der Waals surface area (Å²) in [6, 6.07) is 25.6. The van der Waals surface area contributed by atoms with E-state index in [9.17, 15) is 13.9 Å². The van der Waals surface area contributed by atoms with E-state index in [1.165, 1.54) is 6.07 Å². The number of aliphatic hydroxyl groups is 1. The zero-order valence-electron chi connectivity index (χ0n) is 20.8.